The van der Waals surface area contributed by atoms with Crippen molar-refractivity contribution in [3.05, 3.63) is 65.5 Å². The van der Waals surface area contributed by atoms with E-state index in [1.165, 1.54) is 17.8 Å². The number of methoxy groups -OCH3 is 1. The third-order valence-electron chi connectivity index (χ3n) is 4.59. The van der Waals surface area contributed by atoms with Crippen LogP contribution in [-0.4, -0.2) is 41.2 Å². The molecular formula is C24H31FN2O3S. The van der Waals surface area contributed by atoms with E-state index in [2.05, 4.69) is 5.32 Å². The SMILES string of the molecule is COc1cccc(CN(C(=O)CSCc2ccccc2F)[C@H](C)C(=O)NC(C)(C)C)c1. The average molecular weight is 447 g/mol. The van der Waals surface area contributed by atoms with E-state index >= 15 is 0 Å². The zero-order chi connectivity index (χ0) is 23.0. The van der Waals surface area contributed by atoms with E-state index in [1.807, 2.05) is 45.0 Å². The van der Waals surface area contributed by atoms with Gasteiger partial charge in [0.2, 0.25) is 11.8 Å². The molecule has 0 aliphatic heterocycles. The fraction of sp³-hybridized carbons (Fsp3) is 0.417. The van der Waals surface area contributed by atoms with Gasteiger partial charge in [0.25, 0.3) is 0 Å². The molecule has 2 aromatic carbocycles. The molecule has 168 valence electrons. The molecule has 0 aromatic heterocycles. The van der Waals surface area contributed by atoms with Crippen molar-refractivity contribution in [1.82, 2.24) is 10.2 Å². The average Bonchev–Trinajstić information content (AvgIpc) is 2.71. The summed E-state index contributed by atoms with van der Waals surface area (Å²) in [6.45, 7) is 7.69. The van der Waals surface area contributed by atoms with Crippen molar-refractivity contribution in [2.45, 2.75) is 51.6 Å². The van der Waals surface area contributed by atoms with Gasteiger partial charge in [-0.15, -0.1) is 11.8 Å². The third kappa shape index (κ3) is 7.90. The van der Waals surface area contributed by atoms with Crippen LogP contribution in [0, 0.1) is 5.82 Å². The minimum Gasteiger partial charge on any atom is -0.497 e. The summed E-state index contributed by atoms with van der Waals surface area (Å²) in [6.07, 6.45) is 0. The number of hydrogen-bond donors (Lipinski definition) is 1. The van der Waals surface area contributed by atoms with Crippen molar-refractivity contribution in [3.8, 4) is 5.75 Å². The number of nitrogens with zero attached hydrogens (tertiary/aromatic N) is 1. The van der Waals surface area contributed by atoms with Crippen LogP contribution >= 0.6 is 11.8 Å². The standard InChI is InChI=1S/C24H31FN2O3S/c1-17(23(29)26-24(2,3)4)27(14-18-9-8-11-20(13-18)30-5)22(28)16-31-15-19-10-6-7-12-21(19)25/h6-13,17H,14-16H2,1-5H3,(H,26,29)/t17-/m1/s1. The molecule has 0 spiro atoms. The number of ether oxygens (including phenoxy) is 1. The molecule has 7 heteroatoms. The van der Waals surface area contributed by atoms with Gasteiger partial charge >= 0.3 is 0 Å². The number of amides is 2. The number of carbonyl (C=O) groups is 2. The van der Waals surface area contributed by atoms with E-state index in [9.17, 15) is 14.0 Å². The van der Waals surface area contributed by atoms with Crippen LogP contribution in [-0.2, 0) is 21.9 Å². The lowest BCUT2D eigenvalue weighted by molar-refractivity contribution is -0.139. The highest BCUT2D eigenvalue weighted by atomic mass is 32.2. The van der Waals surface area contributed by atoms with Crippen LogP contribution in [0.25, 0.3) is 0 Å². The van der Waals surface area contributed by atoms with Crippen LogP contribution in [0.4, 0.5) is 4.39 Å². The summed E-state index contributed by atoms with van der Waals surface area (Å²) in [4.78, 5) is 27.4. The smallest absolute Gasteiger partial charge is 0.242 e. The third-order valence-corrected chi connectivity index (χ3v) is 5.56. The number of halogens is 1. The predicted molar refractivity (Wildman–Crippen MR) is 123 cm³/mol. The molecule has 0 fully saturated rings. The molecule has 0 aliphatic carbocycles. The van der Waals surface area contributed by atoms with Gasteiger partial charge in [0, 0.05) is 17.8 Å². The van der Waals surface area contributed by atoms with Crippen molar-refractivity contribution < 1.29 is 18.7 Å². The number of carbonyl (C=O) groups excluding carboxylic acids is 2. The summed E-state index contributed by atoms with van der Waals surface area (Å²) in [5, 5.41) is 2.94. The van der Waals surface area contributed by atoms with Crippen LogP contribution < -0.4 is 10.1 Å². The number of nitrogens with one attached hydrogen (secondary N) is 1. The van der Waals surface area contributed by atoms with Gasteiger partial charge in [-0.05, 0) is 57.0 Å². The number of thioether (sulfide) groups is 1. The summed E-state index contributed by atoms with van der Waals surface area (Å²) in [7, 11) is 1.58. The van der Waals surface area contributed by atoms with Crippen LogP contribution in [0.3, 0.4) is 0 Å². The Balaban J connectivity index is 2.13. The molecule has 0 radical (unpaired) electrons. The fourth-order valence-corrected chi connectivity index (χ4v) is 3.87. The topological polar surface area (TPSA) is 58.6 Å². The summed E-state index contributed by atoms with van der Waals surface area (Å²) in [5.41, 5.74) is 1.01. The van der Waals surface area contributed by atoms with Gasteiger partial charge in [-0.3, -0.25) is 9.59 Å². The first-order valence-corrected chi connectivity index (χ1v) is 11.3. The van der Waals surface area contributed by atoms with Gasteiger partial charge in [-0.1, -0.05) is 30.3 Å². The molecule has 0 saturated carbocycles. The van der Waals surface area contributed by atoms with Crippen molar-refractivity contribution in [2.75, 3.05) is 12.9 Å². The quantitative estimate of drug-likeness (QED) is 0.620. The zero-order valence-corrected chi connectivity index (χ0v) is 19.6. The van der Waals surface area contributed by atoms with Crippen molar-refractivity contribution in [1.29, 1.82) is 0 Å². The van der Waals surface area contributed by atoms with Gasteiger partial charge < -0.3 is 15.0 Å². The lowest BCUT2D eigenvalue weighted by Crippen LogP contribution is -2.52. The first kappa shape index (κ1) is 24.7. The monoisotopic (exact) mass is 446 g/mol. The number of benzene rings is 2. The highest BCUT2D eigenvalue weighted by Gasteiger charge is 2.28. The summed E-state index contributed by atoms with van der Waals surface area (Å²) >= 11 is 1.33. The maximum Gasteiger partial charge on any atom is 0.242 e. The molecule has 2 rings (SSSR count). The number of hydrogen-bond acceptors (Lipinski definition) is 4. The molecule has 1 N–H and O–H groups in total. The number of rotatable bonds is 9. The minimum absolute atomic E-state index is 0.144. The maximum absolute atomic E-state index is 13.8. The molecule has 0 heterocycles. The Hall–Kier alpha value is -2.54. The molecule has 2 aromatic rings. The Bertz CT molecular complexity index is 898. The van der Waals surface area contributed by atoms with E-state index in [0.717, 1.165) is 5.56 Å². The lowest BCUT2D eigenvalue weighted by Gasteiger charge is -2.31. The Morgan fingerprint density at radius 3 is 2.52 bits per heavy atom. The highest BCUT2D eigenvalue weighted by molar-refractivity contribution is 7.99. The van der Waals surface area contributed by atoms with E-state index < -0.39 is 11.6 Å². The molecule has 0 bridgehead atoms. The summed E-state index contributed by atoms with van der Waals surface area (Å²) in [5.74, 6) is 0.530. The first-order chi connectivity index (χ1) is 14.6. The Morgan fingerprint density at radius 1 is 1.16 bits per heavy atom. The highest BCUT2D eigenvalue weighted by Crippen LogP contribution is 2.20. The van der Waals surface area contributed by atoms with Gasteiger partial charge in [-0.25, -0.2) is 4.39 Å². The van der Waals surface area contributed by atoms with Crippen LogP contribution in [0.5, 0.6) is 5.75 Å². The molecule has 2 amide bonds. The second kappa shape index (κ2) is 11.2. The van der Waals surface area contributed by atoms with E-state index in [0.29, 0.717) is 17.1 Å². The summed E-state index contributed by atoms with van der Waals surface area (Å²) < 4.78 is 19.1. The largest absolute Gasteiger partial charge is 0.497 e. The van der Waals surface area contributed by atoms with Gasteiger partial charge in [0.1, 0.15) is 17.6 Å². The van der Waals surface area contributed by atoms with E-state index in [1.54, 1.807) is 37.1 Å². The Labute approximate surface area is 188 Å². The normalized spacial score (nSPS) is 12.2. The lowest BCUT2D eigenvalue weighted by atomic mass is 10.1. The van der Waals surface area contributed by atoms with Gasteiger partial charge in [-0.2, -0.15) is 0 Å². The van der Waals surface area contributed by atoms with E-state index in [-0.39, 0.29) is 29.9 Å². The predicted octanol–water partition coefficient (Wildman–Crippen LogP) is 4.40. The molecule has 0 unspecified atom stereocenters. The molecular weight excluding hydrogens is 415 g/mol. The van der Waals surface area contributed by atoms with Gasteiger partial charge in [0.05, 0.1) is 12.9 Å². The fourth-order valence-electron chi connectivity index (χ4n) is 2.97. The molecule has 1 atom stereocenters. The van der Waals surface area contributed by atoms with E-state index in [4.69, 9.17) is 4.74 Å². The summed E-state index contributed by atoms with van der Waals surface area (Å²) in [6, 6.07) is 13.3. The van der Waals surface area contributed by atoms with Crippen molar-refractivity contribution in [2.24, 2.45) is 0 Å². The first-order valence-electron chi connectivity index (χ1n) is 10.2. The zero-order valence-electron chi connectivity index (χ0n) is 18.8. The van der Waals surface area contributed by atoms with Crippen molar-refractivity contribution >= 4 is 23.6 Å². The second-order valence-electron chi connectivity index (χ2n) is 8.37. The Kier molecular flexibility index (Phi) is 8.92. The van der Waals surface area contributed by atoms with Crippen LogP contribution in [0.2, 0.25) is 0 Å². The molecule has 31 heavy (non-hydrogen) atoms. The van der Waals surface area contributed by atoms with Crippen LogP contribution in [0.15, 0.2) is 48.5 Å². The second-order valence-corrected chi connectivity index (χ2v) is 9.36. The molecule has 5 nitrogen and oxygen atoms in total. The van der Waals surface area contributed by atoms with Crippen LogP contribution in [0.1, 0.15) is 38.8 Å². The molecule has 0 saturated heterocycles. The maximum atomic E-state index is 13.8. The van der Waals surface area contributed by atoms with Gasteiger partial charge in [0.15, 0.2) is 0 Å². The molecule has 0 aliphatic rings. The van der Waals surface area contributed by atoms with Crippen molar-refractivity contribution in [3.63, 3.8) is 0 Å². The Morgan fingerprint density at radius 2 is 1.87 bits per heavy atom. The minimum atomic E-state index is -0.660.